The van der Waals surface area contributed by atoms with Crippen molar-refractivity contribution < 1.29 is 14.6 Å². The number of aryl methyl sites for hydroxylation is 2. The van der Waals surface area contributed by atoms with E-state index in [4.69, 9.17) is 4.74 Å². The lowest BCUT2D eigenvalue weighted by Gasteiger charge is -2.26. The molecule has 0 aliphatic carbocycles. The van der Waals surface area contributed by atoms with Crippen LogP contribution in [0.25, 0.3) is 6.08 Å². The van der Waals surface area contributed by atoms with Crippen LogP contribution in [0.2, 0.25) is 0 Å². The van der Waals surface area contributed by atoms with E-state index in [0.29, 0.717) is 26.3 Å². The first-order chi connectivity index (χ1) is 10.0. The van der Waals surface area contributed by atoms with E-state index in [-0.39, 0.29) is 17.2 Å². The number of phenols is 1. The number of carbonyl (C=O) groups is 1. The van der Waals surface area contributed by atoms with E-state index < -0.39 is 0 Å². The molecule has 21 heavy (non-hydrogen) atoms. The zero-order valence-corrected chi connectivity index (χ0v) is 12.2. The molecule has 110 valence electrons. The highest BCUT2D eigenvalue weighted by atomic mass is 16.5. The topological polar surface area (TPSA) is 73.6 Å². The number of phenolic OH excluding ortho intramolecular Hbond substituents is 1. The molecule has 0 bridgehead atoms. The fourth-order valence-corrected chi connectivity index (χ4v) is 2.32. The smallest absolute Gasteiger partial charge is 0.264 e. The number of nitrogens with zero attached hydrogens (tertiary/aromatic N) is 2. The van der Waals surface area contributed by atoms with Crippen LogP contribution in [0.1, 0.15) is 16.7 Å². The van der Waals surface area contributed by atoms with Crippen LogP contribution in [0.3, 0.4) is 0 Å². The second-order valence-corrected chi connectivity index (χ2v) is 5.08. The number of ether oxygens (including phenoxy) is 1. The molecular weight excluding hydrogens is 268 g/mol. The van der Waals surface area contributed by atoms with Crippen LogP contribution in [-0.4, -0.2) is 42.2 Å². The zero-order chi connectivity index (χ0) is 15.4. The van der Waals surface area contributed by atoms with Gasteiger partial charge >= 0.3 is 0 Å². The van der Waals surface area contributed by atoms with Gasteiger partial charge in [-0.1, -0.05) is 0 Å². The Bertz CT molecular complexity index is 600. The van der Waals surface area contributed by atoms with Crippen LogP contribution in [0.5, 0.6) is 5.75 Å². The van der Waals surface area contributed by atoms with E-state index in [2.05, 4.69) is 0 Å². The first-order valence-electron chi connectivity index (χ1n) is 6.82. The number of rotatable bonds is 2. The van der Waals surface area contributed by atoms with Crippen LogP contribution in [0, 0.1) is 25.2 Å². The molecule has 1 aliphatic rings. The third-order valence-electron chi connectivity index (χ3n) is 3.47. The second kappa shape index (κ2) is 6.42. The fraction of sp³-hybridized carbons (Fsp3) is 0.375. The first kappa shape index (κ1) is 15.1. The minimum absolute atomic E-state index is 0.0985. The molecule has 1 aromatic rings. The maximum Gasteiger partial charge on any atom is 0.264 e. The molecule has 1 aromatic carbocycles. The average Bonchev–Trinajstić information content (AvgIpc) is 2.50. The number of aromatic hydroxyl groups is 1. The quantitative estimate of drug-likeness (QED) is 0.664. The minimum atomic E-state index is -0.274. The van der Waals surface area contributed by atoms with Gasteiger partial charge in [-0.2, -0.15) is 5.26 Å². The monoisotopic (exact) mass is 286 g/mol. The third kappa shape index (κ3) is 3.41. The van der Waals surface area contributed by atoms with E-state index in [1.807, 2.05) is 6.07 Å². The number of hydrogen-bond acceptors (Lipinski definition) is 4. The van der Waals surface area contributed by atoms with Crippen molar-refractivity contribution in [2.24, 2.45) is 0 Å². The number of amides is 1. The number of morpholine rings is 1. The van der Waals surface area contributed by atoms with Gasteiger partial charge in [-0.15, -0.1) is 0 Å². The van der Waals surface area contributed by atoms with Crippen LogP contribution in [0.15, 0.2) is 17.7 Å². The third-order valence-corrected chi connectivity index (χ3v) is 3.47. The maximum absolute atomic E-state index is 12.3. The van der Waals surface area contributed by atoms with Gasteiger partial charge in [0.05, 0.1) is 13.2 Å². The molecule has 0 unspecified atom stereocenters. The normalized spacial score (nSPS) is 15.7. The van der Waals surface area contributed by atoms with Crippen molar-refractivity contribution in [2.45, 2.75) is 13.8 Å². The number of benzene rings is 1. The summed E-state index contributed by atoms with van der Waals surface area (Å²) in [5, 5.41) is 19.0. The lowest BCUT2D eigenvalue weighted by Crippen LogP contribution is -2.41. The highest BCUT2D eigenvalue weighted by molar-refractivity contribution is 6.01. The van der Waals surface area contributed by atoms with Crippen LogP contribution in [0.4, 0.5) is 0 Å². The largest absolute Gasteiger partial charge is 0.507 e. The van der Waals surface area contributed by atoms with Crippen molar-refractivity contribution in [1.29, 1.82) is 5.26 Å². The number of hydrogen-bond donors (Lipinski definition) is 1. The summed E-state index contributed by atoms with van der Waals surface area (Å²) < 4.78 is 5.20. The second-order valence-electron chi connectivity index (χ2n) is 5.08. The SMILES string of the molecule is Cc1cc(C=C(C#N)C(=O)N2CCOCC2)cc(C)c1O. The fourth-order valence-electron chi connectivity index (χ4n) is 2.32. The summed E-state index contributed by atoms with van der Waals surface area (Å²) in [6.07, 6.45) is 1.57. The van der Waals surface area contributed by atoms with Gasteiger partial charge in [0, 0.05) is 13.1 Å². The van der Waals surface area contributed by atoms with Crippen molar-refractivity contribution in [3.63, 3.8) is 0 Å². The molecule has 0 atom stereocenters. The van der Waals surface area contributed by atoms with Crippen molar-refractivity contribution in [2.75, 3.05) is 26.3 Å². The Morgan fingerprint density at radius 1 is 1.33 bits per heavy atom. The van der Waals surface area contributed by atoms with E-state index in [1.54, 1.807) is 37.0 Å². The summed E-state index contributed by atoms with van der Waals surface area (Å²) in [4.78, 5) is 13.9. The standard InChI is InChI=1S/C16H18N2O3/c1-11-7-13(8-12(2)15(11)19)9-14(10-17)16(20)18-3-5-21-6-4-18/h7-9,19H,3-6H2,1-2H3. The Labute approximate surface area is 124 Å². The summed E-state index contributed by atoms with van der Waals surface area (Å²) in [6, 6.07) is 5.48. The average molecular weight is 286 g/mol. The van der Waals surface area contributed by atoms with Gasteiger partial charge in [-0.3, -0.25) is 4.79 Å². The number of carbonyl (C=O) groups excluding carboxylic acids is 1. The van der Waals surface area contributed by atoms with Gasteiger partial charge in [0.2, 0.25) is 0 Å². The molecule has 1 saturated heterocycles. The van der Waals surface area contributed by atoms with Crippen LogP contribution >= 0.6 is 0 Å². The van der Waals surface area contributed by atoms with Crippen molar-refractivity contribution in [3.8, 4) is 11.8 Å². The molecule has 1 heterocycles. The highest BCUT2D eigenvalue weighted by Crippen LogP contribution is 2.24. The minimum Gasteiger partial charge on any atom is -0.507 e. The maximum atomic E-state index is 12.3. The summed E-state index contributed by atoms with van der Waals surface area (Å²) in [7, 11) is 0. The van der Waals surface area contributed by atoms with E-state index >= 15 is 0 Å². The molecule has 1 fully saturated rings. The van der Waals surface area contributed by atoms with E-state index in [9.17, 15) is 15.2 Å². The Balaban J connectivity index is 2.28. The van der Waals surface area contributed by atoms with Gasteiger partial charge in [0.15, 0.2) is 0 Å². The molecule has 0 radical (unpaired) electrons. The Kier molecular flexibility index (Phi) is 4.61. The van der Waals surface area contributed by atoms with Gasteiger partial charge in [0.25, 0.3) is 5.91 Å². The summed E-state index contributed by atoms with van der Waals surface area (Å²) in [5.74, 6) is -0.0330. The molecule has 1 aliphatic heterocycles. The predicted octanol–water partition coefficient (Wildman–Crippen LogP) is 1.77. The molecule has 2 rings (SSSR count). The Morgan fingerprint density at radius 3 is 2.43 bits per heavy atom. The first-order valence-corrected chi connectivity index (χ1v) is 6.82. The highest BCUT2D eigenvalue weighted by Gasteiger charge is 2.20. The Morgan fingerprint density at radius 2 is 1.90 bits per heavy atom. The lowest BCUT2D eigenvalue weighted by molar-refractivity contribution is -0.130. The van der Waals surface area contributed by atoms with E-state index in [1.165, 1.54) is 0 Å². The van der Waals surface area contributed by atoms with Gasteiger partial charge in [-0.05, 0) is 48.7 Å². The molecule has 5 nitrogen and oxygen atoms in total. The Hall–Kier alpha value is -2.32. The van der Waals surface area contributed by atoms with Crippen molar-refractivity contribution in [3.05, 3.63) is 34.4 Å². The molecular formula is C16H18N2O3. The number of nitriles is 1. The summed E-state index contributed by atoms with van der Waals surface area (Å²) >= 11 is 0. The van der Waals surface area contributed by atoms with Crippen LogP contribution in [-0.2, 0) is 9.53 Å². The molecule has 1 amide bonds. The molecule has 0 aromatic heterocycles. The molecule has 0 saturated carbocycles. The van der Waals surface area contributed by atoms with Crippen molar-refractivity contribution >= 4 is 12.0 Å². The predicted molar refractivity (Wildman–Crippen MR) is 78.6 cm³/mol. The summed E-state index contributed by atoms with van der Waals surface area (Å²) in [6.45, 7) is 5.59. The van der Waals surface area contributed by atoms with Crippen molar-refractivity contribution in [1.82, 2.24) is 4.90 Å². The van der Waals surface area contributed by atoms with Gasteiger partial charge in [-0.25, -0.2) is 0 Å². The van der Waals surface area contributed by atoms with Gasteiger partial charge < -0.3 is 14.7 Å². The zero-order valence-electron chi connectivity index (χ0n) is 12.2. The van der Waals surface area contributed by atoms with Crippen LogP contribution < -0.4 is 0 Å². The lowest BCUT2D eigenvalue weighted by atomic mass is 10.0. The molecule has 5 heteroatoms. The summed E-state index contributed by atoms with van der Waals surface area (Å²) in [5.41, 5.74) is 2.28. The molecule has 0 spiro atoms. The van der Waals surface area contributed by atoms with E-state index in [0.717, 1.165) is 16.7 Å². The molecule has 1 N–H and O–H groups in total. The van der Waals surface area contributed by atoms with Gasteiger partial charge in [0.1, 0.15) is 17.4 Å².